The van der Waals surface area contributed by atoms with E-state index in [0.29, 0.717) is 18.5 Å². The zero-order valence-electron chi connectivity index (χ0n) is 13.7. The molecular weight excluding hydrogens is 302 g/mol. The molecule has 0 saturated heterocycles. The second-order valence-corrected chi connectivity index (χ2v) is 6.11. The van der Waals surface area contributed by atoms with Crippen LogP contribution in [0.5, 0.6) is 5.88 Å². The molecule has 0 spiro atoms. The molecule has 3 aromatic rings. The number of hydrogen-bond donors (Lipinski definition) is 2. The van der Waals surface area contributed by atoms with E-state index >= 15 is 0 Å². The number of nitrogens with zero attached hydrogens (tertiary/aromatic N) is 3. The topological polar surface area (TPSA) is 75.7 Å². The molecule has 0 amide bonds. The molecule has 1 aliphatic carbocycles. The quantitative estimate of drug-likeness (QED) is 0.747. The van der Waals surface area contributed by atoms with Crippen LogP contribution in [0.4, 0.5) is 5.82 Å². The van der Waals surface area contributed by atoms with Gasteiger partial charge in [0.1, 0.15) is 11.5 Å². The number of hydrogen-bond acceptors (Lipinski definition) is 5. The van der Waals surface area contributed by atoms with Gasteiger partial charge in [-0.1, -0.05) is 12.8 Å². The Labute approximate surface area is 140 Å². The number of aromatic nitrogens is 4. The first-order valence-corrected chi connectivity index (χ1v) is 8.55. The first kappa shape index (κ1) is 14.9. The highest BCUT2D eigenvalue weighted by Gasteiger charge is 2.17. The molecule has 124 valence electrons. The minimum absolute atomic E-state index is 0.518. The van der Waals surface area contributed by atoms with Crippen molar-refractivity contribution in [1.29, 1.82) is 0 Å². The van der Waals surface area contributed by atoms with Crippen LogP contribution in [0, 0.1) is 0 Å². The molecule has 24 heavy (non-hydrogen) atoms. The summed E-state index contributed by atoms with van der Waals surface area (Å²) in [5, 5.41) is 13.1. The third-order valence-electron chi connectivity index (χ3n) is 4.44. The minimum atomic E-state index is 0.518. The van der Waals surface area contributed by atoms with Gasteiger partial charge in [-0.15, -0.1) is 10.2 Å². The molecule has 0 aromatic carbocycles. The molecule has 2 N–H and O–H groups in total. The van der Waals surface area contributed by atoms with Gasteiger partial charge in [-0.05, 0) is 38.0 Å². The number of fused-ring (bicyclic) bond motifs is 1. The molecule has 0 bridgehead atoms. The standard InChI is InChI=1S/C18H21N5O/c1-2-24-17-8-7-15(22-23-17)14-11-16(20-12-5-3-4-6-12)21-18-13(14)9-10-19-18/h7-12H,2-6H2,1H3,(H2,19,20,21). The Hall–Kier alpha value is -2.63. The smallest absolute Gasteiger partial charge is 0.233 e. The van der Waals surface area contributed by atoms with Crippen molar-refractivity contribution in [2.24, 2.45) is 0 Å². The van der Waals surface area contributed by atoms with E-state index in [-0.39, 0.29) is 0 Å². The van der Waals surface area contributed by atoms with Crippen molar-refractivity contribution in [3.8, 4) is 17.1 Å². The average molecular weight is 323 g/mol. The molecule has 3 aromatic heterocycles. The second-order valence-electron chi connectivity index (χ2n) is 6.11. The first-order valence-electron chi connectivity index (χ1n) is 8.55. The van der Waals surface area contributed by atoms with Crippen LogP contribution in [0.1, 0.15) is 32.6 Å². The minimum Gasteiger partial charge on any atom is -0.477 e. The molecule has 0 aliphatic heterocycles. The number of rotatable bonds is 5. The lowest BCUT2D eigenvalue weighted by Gasteiger charge is -2.14. The lowest BCUT2D eigenvalue weighted by molar-refractivity contribution is 0.323. The zero-order valence-corrected chi connectivity index (χ0v) is 13.7. The van der Waals surface area contributed by atoms with Gasteiger partial charge < -0.3 is 15.0 Å². The van der Waals surface area contributed by atoms with Crippen molar-refractivity contribution in [3.63, 3.8) is 0 Å². The molecule has 4 rings (SSSR count). The summed E-state index contributed by atoms with van der Waals surface area (Å²) in [6.45, 7) is 2.52. The van der Waals surface area contributed by atoms with Crippen LogP contribution in [0.25, 0.3) is 22.3 Å². The number of anilines is 1. The van der Waals surface area contributed by atoms with Gasteiger partial charge in [0.15, 0.2) is 0 Å². The largest absolute Gasteiger partial charge is 0.477 e. The van der Waals surface area contributed by atoms with Gasteiger partial charge in [0, 0.05) is 29.3 Å². The number of H-pyrrole nitrogens is 1. The van der Waals surface area contributed by atoms with Crippen LogP contribution in [0.15, 0.2) is 30.5 Å². The molecule has 1 saturated carbocycles. The predicted molar refractivity (Wildman–Crippen MR) is 94.2 cm³/mol. The predicted octanol–water partition coefficient (Wildman–Crippen LogP) is 3.77. The fourth-order valence-electron chi connectivity index (χ4n) is 3.29. The van der Waals surface area contributed by atoms with E-state index in [9.17, 15) is 0 Å². The van der Waals surface area contributed by atoms with Gasteiger partial charge in [-0.25, -0.2) is 4.98 Å². The molecule has 6 nitrogen and oxygen atoms in total. The molecule has 3 heterocycles. The van der Waals surface area contributed by atoms with E-state index < -0.39 is 0 Å². The SMILES string of the molecule is CCOc1ccc(-c2cc(NC3CCCC3)nc3[nH]ccc23)nn1. The van der Waals surface area contributed by atoms with E-state index in [4.69, 9.17) is 9.72 Å². The summed E-state index contributed by atoms with van der Waals surface area (Å²) in [6.07, 6.45) is 6.91. The summed E-state index contributed by atoms with van der Waals surface area (Å²) < 4.78 is 5.38. The van der Waals surface area contributed by atoms with E-state index in [1.165, 1.54) is 25.7 Å². The molecule has 1 aliphatic rings. The summed E-state index contributed by atoms with van der Waals surface area (Å²) in [6, 6.07) is 8.41. The Kier molecular flexibility index (Phi) is 4.02. The van der Waals surface area contributed by atoms with Crippen molar-refractivity contribution in [2.45, 2.75) is 38.6 Å². The van der Waals surface area contributed by atoms with Crippen molar-refractivity contribution in [2.75, 3.05) is 11.9 Å². The van der Waals surface area contributed by atoms with Crippen LogP contribution in [0.3, 0.4) is 0 Å². The van der Waals surface area contributed by atoms with E-state index in [0.717, 1.165) is 28.1 Å². The van der Waals surface area contributed by atoms with Crippen LogP contribution in [-0.2, 0) is 0 Å². The van der Waals surface area contributed by atoms with Crippen molar-refractivity contribution in [3.05, 3.63) is 30.5 Å². The molecular formula is C18H21N5O. The highest BCUT2D eigenvalue weighted by molar-refractivity contribution is 5.93. The molecule has 0 atom stereocenters. The van der Waals surface area contributed by atoms with Crippen LogP contribution < -0.4 is 10.1 Å². The number of pyridine rings is 1. The number of aromatic amines is 1. The molecule has 0 radical (unpaired) electrons. The third kappa shape index (κ3) is 2.91. The summed E-state index contributed by atoms with van der Waals surface area (Å²) in [7, 11) is 0. The highest BCUT2D eigenvalue weighted by atomic mass is 16.5. The average Bonchev–Trinajstić information content (AvgIpc) is 3.27. The van der Waals surface area contributed by atoms with Crippen LogP contribution in [-0.4, -0.2) is 32.8 Å². The van der Waals surface area contributed by atoms with Gasteiger partial charge >= 0.3 is 0 Å². The zero-order chi connectivity index (χ0) is 16.4. The lowest BCUT2D eigenvalue weighted by Crippen LogP contribution is -2.15. The monoisotopic (exact) mass is 323 g/mol. The maximum absolute atomic E-state index is 5.38. The van der Waals surface area contributed by atoms with Gasteiger partial charge in [-0.2, -0.15) is 0 Å². The van der Waals surface area contributed by atoms with Gasteiger partial charge in [-0.3, -0.25) is 0 Å². The fraction of sp³-hybridized carbons (Fsp3) is 0.389. The van der Waals surface area contributed by atoms with Gasteiger partial charge in [0.2, 0.25) is 5.88 Å². The number of ether oxygens (including phenoxy) is 1. The summed E-state index contributed by atoms with van der Waals surface area (Å²) >= 11 is 0. The summed E-state index contributed by atoms with van der Waals surface area (Å²) in [5.41, 5.74) is 2.71. The van der Waals surface area contributed by atoms with Crippen molar-refractivity contribution in [1.82, 2.24) is 20.2 Å². The van der Waals surface area contributed by atoms with Crippen LogP contribution >= 0.6 is 0 Å². The normalized spacial score (nSPS) is 15.0. The molecule has 1 fully saturated rings. The lowest BCUT2D eigenvalue weighted by atomic mass is 10.1. The first-order chi connectivity index (χ1) is 11.8. The van der Waals surface area contributed by atoms with E-state index in [2.05, 4.69) is 26.6 Å². The highest BCUT2D eigenvalue weighted by Crippen LogP contribution is 2.30. The summed E-state index contributed by atoms with van der Waals surface area (Å²) in [4.78, 5) is 7.90. The maximum Gasteiger partial charge on any atom is 0.233 e. The Morgan fingerprint density at radius 2 is 2.08 bits per heavy atom. The fourth-order valence-corrected chi connectivity index (χ4v) is 3.29. The number of nitrogens with one attached hydrogen (secondary N) is 2. The Morgan fingerprint density at radius 3 is 2.83 bits per heavy atom. The maximum atomic E-state index is 5.38. The Bertz CT molecular complexity index is 821. The Balaban J connectivity index is 1.71. The van der Waals surface area contributed by atoms with Gasteiger partial charge in [0.25, 0.3) is 0 Å². The van der Waals surface area contributed by atoms with Crippen molar-refractivity contribution >= 4 is 16.9 Å². The summed E-state index contributed by atoms with van der Waals surface area (Å²) in [5.74, 6) is 1.44. The van der Waals surface area contributed by atoms with E-state index in [1.54, 1.807) is 0 Å². The Morgan fingerprint density at radius 1 is 1.21 bits per heavy atom. The van der Waals surface area contributed by atoms with Crippen molar-refractivity contribution < 1.29 is 4.74 Å². The van der Waals surface area contributed by atoms with Gasteiger partial charge in [0.05, 0.1) is 12.3 Å². The third-order valence-corrected chi connectivity index (χ3v) is 4.44. The second kappa shape index (κ2) is 6.47. The molecule has 0 unspecified atom stereocenters. The molecule has 6 heteroatoms. The van der Waals surface area contributed by atoms with Crippen LogP contribution in [0.2, 0.25) is 0 Å². The van der Waals surface area contributed by atoms with E-state index in [1.807, 2.05) is 31.3 Å².